The Bertz CT molecular complexity index is 340. The van der Waals surface area contributed by atoms with Crippen molar-refractivity contribution in [2.75, 3.05) is 20.1 Å². The first kappa shape index (κ1) is 13.5. The molecule has 1 aromatic heterocycles. The highest BCUT2D eigenvalue weighted by atomic mass is 79.9. The van der Waals surface area contributed by atoms with E-state index in [-0.39, 0.29) is 0 Å². The zero-order valence-electron chi connectivity index (χ0n) is 10.4. The van der Waals surface area contributed by atoms with Gasteiger partial charge in [-0.1, -0.05) is 6.42 Å². The van der Waals surface area contributed by atoms with E-state index in [9.17, 15) is 0 Å². The largest absolute Gasteiger partial charge is 0.312 e. The number of nitrogens with zero attached hydrogens (tertiary/aromatic N) is 1. The quantitative estimate of drug-likeness (QED) is 0.837. The van der Waals surface area contributed by atoms with Crippen LogP contribution in [-0.4, -0.2) is 31.1 Å². The predicted octanol–water partition coefficient (Wildman–Crippen LogP) is 3.47. The van der Waals surface area contributed by atoms with Gasteiger partial charge in [0.1, 0.15) is 0 Å². The molecule has 1 fully saturated rings. The molecule has 1 unspecified atom stereocenters. The molecule has 0 radical (unpaired) electrons. The molecule has 2 nitrogen and oxygen atoms in total. The van der Waals surface area contributed by atoms with Crippen LogP contribution in [0.5, 0.6) is 0 Å². The zero-order chi connectivity index (χ0) is 12.1. The van der Waals surface area contributed by atoms with Crippen LogP contribution < -0.4 is 5.32 Å². The molecule has 2 heterocycles. The van der Waals surface area contributed by atoms with Crippen molar-refractivity contribution < 1.29 is 0 Å². The van der Waals surface area contributed by atoms with Crippen LogP contribution in [0.2, 0.25) is 0 Å². The van der Waals surface area contributed by atoms with E-state index in [2.05, 4.69) is 45.3 Å². The van der Waals surface area contributed by atoms with Gasteiger partial charge in [0.25, 0.3) is 0 Å². The molecule has 0 amide bonds. The number of rotatable bonds is 5. The van der Waals surface area contributed by atoms with E-state index in [0.717, 1.165) is 19.1 Å². The van der Waals surface area contributed by atoms with Gasteiger partial charge in [-0.2, -0.15) is 0 Å². The van der Waals surface area contributed by atoms with E-state index in [1.165, 1.54) is 40.9 Å². The summed E-state index contributed by atoms with van der Waals surface area (Å²) in [6, 6.07) is 5.11. The van der Waals surface area contributed by atoms with Gasteiger partial charge in [0.15, 0.2) is 0 Å². The van der Waals surface area contributed by atoms with Gasteiger partial charge in [0.05, 0.1) is 3.79 Å². The van der Waals surface area contributed by atoms with Gasteiger partial charge in [-0.3, -0.25) is 0 Å². The zero-order valence-corrected chi connectivity index (χ0v) is 12.8. The molecule has 0 spiro atoms. The van der Waals surface area contributed by atoms with Gasteiger partial charge < -0.3 is 10.2 Å². The molecule has 4 heteroatoms. The molecular weight excluding hydrogens is 296 g/mol. The third-order valence-electron chi connectivity index (χ3n) is 3.50. The number of hydrogen-bond donors (Lipinski definition) is 1. The Hall–Kier alpha value is 0.1000. The first-order chi connectivity index (χ1) is 8.25. The molecule has 1 N–H and O–H groups in total. The first-order valence-corrected chi connectivity index (χ1v) is 8.02. The minimum Gasteiger partial charge on any atom is -0.312 e. The summed E-state index contributed by atoms with van der Waals surface area (Å²) in [5.41, 5.74) is 0. The van der Waals surface area contributed by atoms with E-state index >= 15 is 0 Å². The number of hydrogen-bond acceptors (Lipinski definition) is 3. The van der Waals surface area contributed by atoms with Crippen LogP contribution in [0, 0.1) is 0 Å². The van der Waals surface area contributed by atoms with Gasteiger partial charge in [-0.15, -0.1) is 11.3 Å². The Morgan fingerprint density at radius 1 is 1.47 bits per heavy atom. The molecule has 0 aromatic carbocycles. The highest BCUT2D eigenvalue weighted by Crippen LogP contribution is 2.22. The van der Waals surface area contributed by atoms with Crippen molar-refractivity contribution in [1.29, 1.82) is 0 Å². The predicted molar refractivity (Wildman–Crippen MR) is 78.6 cm³/mol. The number of piperidine rings is 1. The molecule has 1 atom stereocenters. The monoisotopic (exact) mass is 316 g/mol. The van der Waals surface area contributed by atoms with E-state index in [1.54, 1.807) is 0 Å². The molecule has 1 aliphatic rings. The van der Waals surface area contributed by atoms with Crippen LogP contribution in [0.1, 0.15) is 30.6 Å². The lowest BCUT2D eigenvalue weighted by molar-refractivity contribution is 0.175. The molecule has 0 saturated carbocycles. The van der Waals surface area contributed by atoms with E-state index in [0.29, 0.717) is 0 Å². The summed E-state index contributed by atoms with van der Waals surface area (Å²) in [6.07, 6.45) is 5.45. The summed E-state index contributed by atoms with van der Waals surface area (Å²) in [6.45, 7) is 3.42. The van der Waals surface area contributed by atoms with Crippen LogP contribution in [0.4, 0.5) is 0 Å². The van der Waals surface area contributed by atoms with Crippen LogP contribution in [0.3, 0.4) is 0 Å². The average molecular weight is 317 g/mol. The number of nitrogens with one attached hydrogen (secondary N) is 1. The van der Waals surface area contributed by atoms with E-state index in [1.807, 2.05) is 11.3 Å². The molecule has 1 saturated heterocycles. The van der Waals surface area contributed by atoms with Crippen molar-refractivity contribution in [3.05, 3.63) is 20.8 Å². The number of likely N-dealkylation sites (tertiary alicyclic amines) is 1. The standard InChI is InChI=1S/C13H21BrN2S/c1-16-9-3-2-4-11(16)7-8-15-10-12-5-6-13(14)17-12/h5-6,11,15H,2-4,7-10H2,1H3. The summed E-state index contributed by atoms with van der Waals surface area (Å²) in [5.74, 6) is 0. The molecular formula is C13H21BrN2S. The van der Waals surface area contributed by atoms with Crippen LogP contribution in [-0.2, 0) is 6.54 Å². The molecule has 96 valence electrons. The van der Waals surface area contributed by atoms with E-state index in [4.69, 9.17) is 0 Å². The van der Waals surface area contributed by atoms with Crippen molar-refractivity contribution in [2.45, 2.75) is 38.3 Å². The highest BCUT2D eigenvalue weighted by molar-refractivity contribution is 9.11. The maximum Gasteiger partial charge on any atom is 0.0701 e. The first-order valence-electron chi connectivity index (χ1n) is 6.41. The third kappa shape index (κ3) is 4.36. The van der Waals surface area contributed by atoms with Gasteiger partial charge >= 0.3 is 0 Å². The van der Waals surface area contributed by atoms with Gasteiger partial charge in [0.2, 0.25) is 0 Å². The fraction of sp³-hybridized carbons (Fsp3) is 0.692. The Kier molecular flexibility index (Phi) is 5.48. The second-order valence-electron chi connectivity index (χ2n) is 4.80. The van der Waals surface area contributed by atoms with Crippen molar-refractivity contribution in [3.63, 3.8) is 0 Å². The summed E-state index contributed by atoms with van der Waals surface area (Å²) in [5, 5.41) is 3.55. The summed E-state index contributed by atoms with van der Waals surface area (Å²) in [4.78, 5) is 3.93. The fourth-order valence-corrected chi connectivity index (χ4v) is 3.89. The topological polar surface area (TPSA) is 15.3 Å². The van der Waals surface area contributed by atoms with Crippen molar-refractivity contribution in [2.24, 2.45) is 0 Å². The van der Waals surface area contributed by atoms with Gasteiger partial charge in [0, 0.05) is 17.5 Å². The Labute approximate surface area is 117 Å². The third-order valence-corrected chi connectivity index (χ3v) is 5.13. The smallest absolute Gasteiger partial charge is 0.0701 e. The lowest BCUT2D eigenvalue weighted by Crippen LogP contribution is -2.38. The maximum absolute atomic E-state index is 3.55. The number of thiophene rings is 1. The normalized spacial score (nSPS) is 21.9. The minimum absolute atomic E-state index is 0.798. The summed E-state index contributed by atoms with van der Waals surface area (Å²) >= 11 is 5.31. The average Bonchev–Trinajstić information content (AvgIpc) is 2.73. The SMILES string of the molecule is CN1CCCCC1CCNCc1ccc(Br)s1. The van der Waals surface area contributed by atoms with Crippen LogP contribution in [0.25, 0.3) is 0 Å². The molecule has 2 rings (SSSR count). The fourth-order valence-electron chi connectivity index (χ4n) is 2.44. The minimum atomic E-state index is 0.798. The summed E-state index contributed by atoms with van der Waals surface area (Å²) < 4.78 is 1.22. The highest BCUT2D eigenvalue weighted by Gasteiger charge is 2.17. The molecule has 0 aliphatic carbocycles. The van der Waals surface area contributed by atoms with E-state index < -0.39 is 0 Å². The Morgan fingerprint density at radius 3 is 3.06 bits per heavy atom. The van der Waals surface area contributed by atoms with Crippen molar-refractivity contribution in [1.82, 2.24) is 10.2 Å². The Balaban J connectivity index is 1.62. The van der Waals surface area contributed by atoms with Gasteiger partial charge in [-0.25, -0.2) is 0 Å². The van der Waals surface area contributed by atoms with Gasteiger partial charge in [-0.05, 0) is 67.5 Å². The second-order valence-corrected chi connectivity index (χ2v) is 7.35. The van der Waals surface area contributed by atoms with Crippen molar-refractivity contribution in [3.8, 4) is 0 Å². The van der Waals surface area contributed by atoms with Crippen LogP contribution >= 0.6 is 27.3 Å². The summed E-state index contributed by atoms with van der Waals surface area (Å²) in [7, 11) is 2.26. The maximum atomic E-state index is 3.55. The van der Waals surface area contributed by atoms with Crippen molar-refractivity contribution >= 4 is 27.3 Å². The van der Waals surface area contributed by atoms with Crippen LogP contribution in [0.15, 0.2) is 15.9 Å². The molecule has 17 heavy (non-hydrogen) atoms. The lowest BCUT2D eigenvalue weighted by atomic mass is 10.0. The molecule has 1 aliphatic heterocycles. The lowest BCUT2D eigenvalue weighted by Gasteiger charge is -2.32. The second kappa shape index (κ2) is 6.88. The number of halogens is 1. The Morgan fingerprint density at radius 2 is 2.35 bits per heavy atom. The molecule has 1 aromatic rings. The molecule has 0 bridgehead atoms.